The average Bonchev–Trinajstić information content (AvgIpc) is 2.67. The predicted molar refractivity (Wildman–Crippen MR) is 78.4 cm³/mol. The van der Waals surface area contributed by atoms with Crippen molar-refractivity contribution >= 4 is 23.7 Å². The van der Waals surface area contributed by atoms with E-state index < -0.39 is 0 Å². The number of nitrogens with zero attached hydrogens (tertiary/aromatic N) is 1. The van der Waals surface area contributed by atoms with Crippen LogP contribution in [0.3, 0.4) is 0 Å². The van der Waals surface area contributed by atoms with E-state index in [1.165, 1.54) is 22.8 Å². The number of hydrogen-bond acceptors (Lipinski definition) is 3. The van der Waals surface area contributed by atoms with E-state index in [1.807, 2.05) is 11.3 Å². The molecule has 4 heteroatoms. The molecule has 0 aliphatic carbocycles. The van der Waals surface area contributed by atoms with E-state index in [2.05, 4.69) is 43.1 Å². The Kier molecular flexibility index (Phi) is 5.45. The van der Waals surface area contributed by atoms with Crippen molar-refractivity contribution in [3.8, 4) is 0 Å². The van der Waals surface area contributed by atoms with Crippen molar-refractivity contribution in [2.45, 2.75) is 32.7 Å². The number of nitrogens with one attached hydrogen (secondary N) is 1. The molecule has 98 valence electrons. The molecule has 0 unspecified atom stereocenters. The highest BCUT2D eigenvalue weighted by Crippen LogP contribution is 2.29. The molecule has 1 aliphatic heterocycles. The maximum atomic E-state index is 3.39. The van der Waals surface area contributed by atoms with Crippen LogP contribution in [0.15, 0.2) is 12.1 Å². The van der Waals surface area contributed by atoms with Crippen molar-refractivity contribution in [1.82, 2.24) is 10.2 Å². The van der Waals surface area contributed by atoms with Crippen LogP contribution in [0.5, 0.6) is 0 Å². The molecule has 0 atom stereocenters. The third kappa shape index (κ3) is 4.25. The van der Waals surface area contributed by atoms with Crippen molar-refractivity contribution in [3.05, 3.63) is 21.9 Å². The Morgan fingerprint density at radius 1 is 1.24 bits per heavy atom. The van der Waals surface area contributed by atoms with E-state index in [0.717, 1.165) is 19.6 Å². The van der Waals surface area contributed by atoms with Gasteiger partial charge in [-0.2, -0.15) is 0 Å². The molecule has 2 heterocycles. The van der Waals surface area contributed by atoms with E-state index in [9.17, 15) is 0 Å². The van der Waals surface area contributed by atoms with Crippen LogP contribution in [0.4, 0.5) is 0 Å². The summed E-state index contributed by atoms with van der Waals surface area (Å²) in [6, 6.07) is 4.59. The zero-order valence-electron chi connectivity index (χ0n) is 11.0. The first-order chi connectivity index (χ1) is 7.55. The second kappa shape index (κ2) is 6.19. The second-order valence-electron chi connectivity index (χ2n) is 5.54. The lowest BCUT2D eigenvalue weighted by Crippen LogP contribution is -2.42. The molecule has 1 aromatic rings. The Hall–Kier alpha value is -0.0900. The lowest BCUT2D eigenvalue weighted by molar-refractivity contribution is 0.235. The molecule has 0 radical (unpaired) electrons. The summed E-state index contributed by atoms with van der Waals surface area (Å²) in [7, 11) is 0. The molecular formula is C13H23ClN2S. The van der Waals surface area contributed by atoms with Crippen LogP contribution in [0.1, 0.15) is 30.5 Å². The van der Waals surface area contributed by atoms with Gasteiger partial charge in [0.05, 0.1) is 0 Å². The molecule has 1 aliphatic rings. The summed E-state index contributed by atoms with van der Waals surface area (Å²) < 4.78 is 0. The van der Waals surface area contributed by atoms with Crippen LogP contribution < -0.4 is 5.32 Å². The second-order valence-corrected chi connectivity index (χ2v) is 6.71. The largest absolute Gasteiger partial charge is 0.314 e. The van der Waals surface area contributed by atoms with Gasteiger partial charge in [0.2, 0.25) is 0 Å². The van der Waals surface area contributed by atoms with Crippen molar-refractivity contribution in [3.63, 3.8) is 0 Å². The molecule has 0 aromatic carbocycles. The van der Waals surface area contributed by atoms with Gasteiger partial charge >= 0.3 is 0 Å². The number of thiophene rings is 1. The fourth-order valence-corrected chi connectivity index (χ4v) is 3.06. The molecule has 0 bridgehead atoms. The van der Waals surface area contributed by atoms with Crippen LogP contribution >= 0.6 is 23.7 Å². The van der Waals surface area contributed by atoms with Crippen molar-refractivity contribution in [2.24, 2.45) is 0 Å². The van der Waals surface area contributed by atoms with Crippen LogP contribution in [0.2, 0.25) is 0 Å². The van der Waals surface area contributed by atoms with E-state index >= 15 is 0 Å². The molecule has 2 nitrogen and oxygen atoms in total. The van der Waals surface area contributed by atoms with Gasteiger partial charge < -0.3 is 5.32 Å². The normalized spacial score (nSPS) is 17.8. The van der Waals surface area contributed by atoms with Crippen LogP contribution in [0, 0.1) is 0 Å². The monoisotopic (exact) mass is 274 g/mol. The van der Waals surface area contributed by atoms with E-state index in [1.54, 1.807) is 0 Å². The highest BCUT2D eigenvalue weighted by atomic mass is 35.5. The lowest BCUT2D eigenvalue weighted by Gasteiger charge is -2.26. The molecular weight excluding hydrogens is 252 g/mol. The Morgan fingerprint density at radius 2 is 1.88 bits per heavy atom. The minimum Gasteiger partial charge on any atom is -0.314 e. The highest BCUT2D eigenvalue weighted by molar-refractivity contribution is 7.12. The molecule has 1 aromatic heterocycles. The van der Waals surface area contributed by atoms with Crippen molar-refractivity contribution in [2.75, 3.05) is 26.2 Å². The Labute approximate surface area is 115 Å². The van der Waals surface area contributed by atoms with Crippen LogP contribution in [0.25, 0.3) is 0 Å². The first kappa shape index (κ1) is 15.0. The Morgan fingerprint density at radius 3 is 2.41 bits per heavy atom. The highest BCUT2D eigenvalue weighted by Gasteiger charge is 2.17. The van der Waals surface area contributed by atoms with Gasteiger partial charge in [0.1, 0.15) is 0 Å². The maximum Gasteiger partial charge on any atom is 0.0329 e. The minimum atomic E-state index is 0. The zero-order chi connectivity index (χ0) is 11.6. The molecule has 1 saturated heterocycles. The van der Waals surface area contributed by atoms with E-state index in [0.29, 0.717) is 5.41 Å². The van der Waals surface area contributed by atoms with Gasteiger partial charge in [-0.1, -0.05) is 20.8 Å². The standard InChI is InChI=1S/C13H22N2S.ClH/c1-13(2,3)12-5-4-11(16-12)10-15-8-6-14-7-9-15;/h4-5,14H,6-10H2,1-3H3;1H. The molecule has 1 N–H and O–H groups in total. The molecule has 0 spiro atoms. The fraction of sp³-hybridized carbons (Fsp3) is 0.692. The average molecular weight is 275 g/mol. The van der Waals surface area contributed by atoms with Gasteiger partial charge in [-0.15, -0.1) is 23.7 Å². The molecule has 17 heavy (non-hydrogen) atoms. The van der Waals surface area contributed by atoms with Crippen molar-refractivity contribution < 1.29 is 0 Å². The maximum absolute atomic E-state index is 3.39. The summed E-state index contributed by atoms with van der Waals surface area (Å²) >= 11 is 1.97. The summed E-state index contributed by atoms with van der Waals surface area (Å²) in [5, 5.41) is 3.39. The summed E-state index contributed by atoms with van der Waals surface area (Å²) in [6.07, 6.45) is 0. The number of rotatable bonds is 2. The number of hydrogen-bond donors (Lipinski definition) is 1. The van der Waals surface area contributed by atoms with Gasteiger partial charge in [-0.3, -0.25) is 4.90 Å². The number of halogens is 1. The topological polar surface area (TPSA) is 15.3 Å². The van der Waals surface area contributed by atoms with Gasteiger partial charge in [0, 0.05) is 42.5 Å². The summed E-state index contributed by atoms with van der Waals surface area (Å²) in [4.78, 5) is 5.54. The molecule has 0 amide bonds. The van der Waals surface area contributed by atoms with E-state index in [4.69, 9.17) is 0 Å². The Bertz CT molecular complexity index is 337. The smallest absolute Gasteiger partial charge is 0.0329 e. The van der Waals surface area contributed by atoms with Crippen LogP contribution in [-0.2, 0) is 12.0 Å². The molecule has 0 saturated carbocycles. The summed E-state index contributed by atoms with van der Waals surface area (Å²) in [5.41, 5.74) is 0.298. The Balaban J connectivity index is 0.00000144. The first-order valence-electron chi connectivity index (χ1n) is 6.08. The summed E-state index contributed by atoms with van der Waals surface area (Å²) in [5.74, 6) is 0. The van der Waals surface area contributed by atoms with Crippen LogP contribution in [-0.4, -0.2) is 31.1 Å². The lowest BCUT2D eigenvalue weighted by atomic mass is 9.95. The predicted octanol–water partition coefficient (Wildman–Crippen LogP) is 2.87. The van der Waals surface area contributed by atoms with Gasteiger partial charge in [0.15, 0.2) is 0 Å². The third-order valence-electron chi connectivity index (χ3n) is 2.99. The number of piperazine rings is 1. The fourth-order valence-electron chi connectivity index (χ4n) is 1.96. The molecule has 1 fully saturated rings. The van der Waals surface area contributed by atoms with E-state index in [-0.39, 0.29) is 12.4 Å². The summed E-state index contributed by atoms with van der Waals surface area (Å²) in [6.45, 7) is 12.6. The quantitative estimate of drug-likeness (QED) is 0.892. The molecule has 2 rings (SSSR count). The first-order valence-corrected chi connectivity index (χ1v) is 6.89. The van der Waals surface area contributed by atoms with Crippen molar-refractivity contribution in [1.29, 1.82) is 0 Å². The third-order valence-corrected chi connectivity index (χ3v) is 4.49. The minimum absolute atomic E-state index is 0. The zero-order valence-corrected chi connectivity index (χ0v) is 12.6. The van der Waals surface area contributed by atoms with Gasteiger partial charge in [-0.25, -0.2) is 0 Å². The van der Waals surface area contributed by atoms with Gasteiger partial charge in [-0.05, 0) is 17.5 Å². The SMILES string of the molecule is CC(C)(C)c1ccc(CN2CCNCC2)s1.Cl. The van der Waals surface area contributed by atoms with Gasteiger partial charge in [0.25, 0.3) is 0 Å².